The molecule has 5 nitrogen and oxygen atoms in total. The number of nitrogens with one attached hydrogen (secondary N) is 2. The van der Waals surface area contributed by atoms with Gasteiger partial charge in [-0.3, -0.25) is 9.59 Å². The summed E-state index contributed by atoms with van der Waals surface area (Å²) in [5.74, 6) is -0.958. The lowest BCUT2D eigenvalue weighted by molar-refractivity contribution is -0.118. The average molecular weight is 335 g/mol. The second-order valence-corrected chi connectivity index (χ2v) is 5.35. The summed E-state index contributed by atoms with van der Waals surface area (Å²) in [6, 6.07) is 9.19. The third kappa shape index (κ3) is 3.27. The zero-order valence-electron chi connectivity index (χ0n) is 11.9. The Morgan fingerprint density at radius 2 is 2.17 bits per heavy atom. The topological polar surface area (TPSA) is 67.4 Å². The van der Waals surface area contributed by atoms with Crippen LogP contribution in [-0.4, -0.2) is 18.4 Å². The van der Waals surface area contributed by atoms with Gasteiger partial charge in [-0.15, -0.1) is 0 Å². The van der Waals surface area contributed by atoms with Crippen molar-refractivity contribution < 1.29 is 18.7 Å². The number of hydrogen-bond donors (Lipinski definition) is 2. The van der Waals surface area contributed by atoms with Crippen LogP contribution < -0.4 is 15.4 Å². The first-order valence-corrected chi connectivity index (χ1v) is 7.20. The van der Waals surface area contributed by atoms with E-state index >= 15 is 0 Å². The van der Waals surface area contributed by atoms with E-state index in [1.54, 1.807) is 18.2 Å². The monoisotopic (exact) mass is 334 g/mol. The summed E-state index contributed by atoms with van der Waals surface area (Å²) in [6.07, 6.45) is 0. The van der Waals surface area contributed by atoms with E-state index in [0.29, 0.717) is 11.4 Å². The van der Waals surface area contributed by atoms with Crippen LogP contribution in [0.15, 0.2) is 36.4 Å². The van der Waals surface area contributed by atoms with E-state index in [0.717, 1.165) is 5.56 Å². The number of anilines is 1. The number of hydrogen-bond acceptors (Lipinski definition) is 3. The minimum absolute atomic E-state index is 0.0190. The summed E-state index contributed by atoms with van der Waals surface area (Å²) in [5.41, 5.74) is 1.08. The molecular weight excluding hydrogens is 323 g/mol. The maximum absolute atomic E-state index is 13.7. The van der Waals surface area contributed by atoms with Crippen molar-refractivity contribution in [3.63, 3.8) is 0 Å². The highest BCUT2D eigenvalue weighted by Gasteiger charge is 2.17. The second kappa shape index (κ2) is 6.26. The maximum Gasteiger partial charge on any atom is 0.262 e. The van der Waals surface area contributed by atoms with Crippen molar-refractivity contribution in [2.45, 2.75) is 6.54 Å². The maximum atomic E-state index is 13.7. The van der Waals surface area contributed by atoms with Crippen molar-refractivity contribution in [3.8, 4) is 5.75 Å². The number of fused-ring (bicyclic) bond motifs is 1. The van der Waals surface area contributed by atoms with Crippen LogP contribution in [0, 0.1) is 5.82 Å². The zero-order valence-corrected chi connectivity index (χ0v) is 12.6. The van der Waals surface area contributed by atoms with Gasteiger partial charge in [0.2, 0.25) is 0 Å². The minimum atomic E-state index is -0.680. The normalized spacial score (nSPS) is 12.9. The Kier molecular flexibility index (Phi) is 4.16. The molecule has 0 atom stereocenters. The summed E-state index contributed by atoms with van der Waals surface area (Å²) in [5, 5.41) is 5.33. The van der Waals surface area contributed by atoms with E-state index in [1.165, 1.54) is 18.2 Å². The van der Waals surface area contributed by atoms with Crippen molar-refractivity contribution in [2.75, 3.05) is 11.9 Å². The molecule has 1 heterocycles. The first-order chi connectivity index (χ1) is 11.0. The first-order valence-electron chi connectivity index (χ1n) is 6.82. The van der Waals surface area contributed by atoms with Crippen LogP contribution in [0.3, 0.4) is 0 Å². The molecule has 118 valence electrons. The van der Waals surface area contributed by atoms with E-state index in [1.807, 2.05) is 0 Å². The number of benzene rings is 2. The number of rotatable bonds is 3. The van der Waals surface area contributed by atoms with Crippen molar-refractivity contribution in [3.05, 3.63) is 58.4 Å². The van der Waals surface area contributed by atoms with Crippen LogP contribution in [0.25, 0.3) is 0 Å². The molecule has 0 radical (unpaired) electrons. The Balaban J connectivity index is 1.72. The van der Waals surface area contributed by atoms with Gasteiger partial charge in [0.1, 0.15) is 11.6 Å². The smallest absolute Gasteiger partial charge is 0.262 e. The Labute approximate surface area is 136 Å². The summed E-state index contributed by atoms with van der Waals surface area (Å²) in [4.78, 5) is 23.4. The largest absolute Gasteiger partial charge is 0.482 e. The van der Waals surface area contributed by atoms with Crippen molar-refractivity contribution >= 4 is 29.1 Å². The molecule has 0 saturated heterocycles. The molecule has 0 unspecified atom stereocenters. The third-order valence-electron chi connectivity index (χ3n) is 3.32. The molecule has 23 heavy (non-hydrogen) atoms. The molecule has 2 aromatic carbocycles. The highest BCUT2D eigenvalue weighted by molar-refractivity contribution is 6.33. The molecule has 1 aliphatic rings. The van der Waals surface area contributed by atoms with Crippen molar-refractivity contribution in [1.29, 1.82) is 0 Å². The van der Waals surface area contributed by atoms with Gasteiger partial charge in [-0.2, -0.15) is 0 Å². The van der Waals surface area contributed by atoms with Crippen LogP contribution in [0.1, 0.15) is 15.9 Å². The summed E-state index contributed by atoms with van der Waals surface area (Å²) >= 11 is 5.85. The van der Waals surface area contributed by atoms with Gasteiger partial charge in [-0.25, -0.2) is 4.39 Å². The van der Waals surface area contributed by atoms with Gasteiger partial charge >= 0.3 is 0 Å². The van der Waals surface area contributed by atoms with Crippen LogP contribution in [-0.2, 0) is 11.3 Å². The molecule has 0 saturated carbocycles. The first kappa shape index (κ1) is 15.3. The zero-order chi connectivity index (χ0) is 16.4. The minimum Gasteiger partial charge on any atom is -0.482 e. The van der Waals surface area contributed by atoms with Gasteiger partial charge in [-0.05, 0) is 29.8 Å². The number of carbonyl (C=O) groups excluding carboxylic acids is 2. The standard InChI is InChI=1S/C16H12ClFN2O3/c17-10-2-1-3-11(18)15(10)16(22)19-7-9-4-5-13-12(6-9)20-14(21)8-23-13/h1-6H,7-8H2,(H,19,22)(H,20,21). The molecule has 1 aliphatic heterocycles. The molecule has 2 aromatic rings. The predicted molar refractivity (Wildman–Crippen MR) is 83.1 cm³/mol. The van der Waals surface area contributed by atoms with Gasteiger partial charge in [0.15, 0.2) is 6.61 Å². The Hall–Kier alpha value is -2.60. The van der Waals surface area contributed by atoms with Gasteiger partial charge < -0.3 is 15.4 Å². The van der Waals surface area contributed by atoms with Crippen LogP contribution >= 0.6 is 11.6 Å². The van der Waals surface area contributed by atoms with E-state index < -0.39 is 11.7 Å². The van der Waals surface area contributed by atoms with Crippen LogP contribution in [0.5, 0.6) is 5.75 Å². The molecule has 0 aliphatic carbocycles. The molecule has 2 amide bonds. The van der Waals surface area contributed by atoms with E-state index in [-0.39, 0.29) is 29.6 Å². The lowest BCUT2D eigenvalue weighted by Gasteiger charge is -2.18. The molecule has 7 heteroatoms. The highest BCUT2D eigenvalue weighted by Crippen LogP contribution is 2.28. The van der Waals surface area contributed by atoms with Crippen molar-refractivity contribution in [1.82, 2.24) is 5.32 Å². The SMILES string of the molecule is O=C1COc2ccc(CNC(=O)c3c(F)cccc3Cl)cc2N1. The summed E-state index contributed by atoms with van der Waals surface area (Å²) < 4.78 is 18.9. The fourth-order valence-electron chi connectivity index (χ4n) is 2.23. The Morgan fingerprint density at radius 3 is 2.96 bits per heavy atom. The Bertz CT molecular complexity index is 775. The molecule has 0 spiro atoms. The number of carbonyl (C=O) groups is 2. The van der Waals surface area contributed by atoms with Gasteiger partial charge in [0.05, 0.1) is 16.3 Å². The van der Waals surface area contributed by atoms with Crippen LogP contribution in [0.4, 0.5) is 10.1 Å². The van der Waals surface area contributed by atoms with Crippen LogP contribution in [0.2, 0.25) is 5.02 Å². The predicted octanol–water partition coefficient (Wildman–Crippen LogP) is 2.74. The molecule has 0 bridgehead atoms. The molecule has 2 N–H and O–H groups in total. The molecular formula is C16H12ClFN2O3. The quantitative estimate of drug-likeness (QED) is 0.907. The van der Waals surface area contributed by atoms with E-state index in [2.05, 4.69) is 10.6 Å². The van der Waals surface area contributed by atoms with Gasteiger partial charge in [0, 0.05) is 6.54 Å². The van der Waals surface area contributed by atoms with E-state index in [9.17, 15) is 14.0 Å². The van der Waals surface area contributed by atoms with Gasteiger partial charge in [0.25, 0.3) is 11.8 Å². The number of amides is 2. The fraction of sp³-hybridized carbons (Fsp3) is 0.125. The lowest BCUT2D eigenvalue weighted by atomic mass is 10.1. The lowest BCUT2D eigenvalue weighted by Crippen LogP contribution is -2.26. The highest BCUT2D eigenvalue weighted by atomic mass is 35.5. The average Bonchev–Trinajstić information content (AvgIpc) is 2.52. The number of halogens is 2. The number of ether oxygens (including phenoxy) is 1. The third-order valence-corrected chi connectivity index (χ3v) is 3.63. The van der Waals surface area contributed by atoms with Crippen molar-refractivity contribution in [2.24, 2.45) is 0 Å². The van der Waals surface area contributed by atoms with E-state index in [4.69, 9.17) is 16.3 Å². The van der Waals surface area contributed by atoms with Gasteiger partial charge in [-0.1, -0.05) is 23.7 Å². The summed E-state index contributed by atoms with van der Waals surface area (Å²) in [7, 11) is 0. The fourth-order valence-corrected chi connectivity index (χ4v) is 2.47. The Morgan fingerprint density at radius 1 is 1.35 bits per heavy atom. The second-order valence-electron chi connectivity index (χ2n) is 4.95. The molecule has 0 aromatic heterocycles. The summed E-state index contributed by atoms with van der Waals surface area (Å²) in [6.45, 7) is 0.140. The molecule has 0 fully saturated rings. The molecule has 3 rings (SSSR count).